The monoisotopic (exact) mass is 293 g/mol. The van der Waals surface area contributed by atoms with Crippen molar-refractivity contribution in [3.8, 4) is 0 Å². The molecule has 1 atom stereocenters. The van der Waals surface area contributed by atoms with Gasteiger partial charge in [-0.15, -0.1) is 0 Å². The molecule has 3 heterocycles. The number of nitrogens with zero attached hydrogens (tertiary/aromatic N) is 2. The topological polar surface area (TPSA) is 80.8 Å². The molecule has 0 aliphatic carbocycles. The Morgan fingerprint density at radius 3 is 3.10 bits per heavy atom. The van der Waals surface area contributed by atoms with Crippen molar-refractivity contribution >= 4 is 6.08 Å². The molecular formula is C14H19N3O4. The summed E-state index contributed by atoms with van der Waals surface area (Å²) in [5.74, 6) is 0.507. The van der Waals surface area contributed by atoms with Crippen LogP contribution in [-0.4, -0.2) is 49.3 Å². The summed E-state index contributed by atoms with van der Waals surface area (Å²) in [4.78, 5) is 13.5. The van der Waals surface area contributed by atoms with Crippen LogP contribution in [0, 0.1) is 15.5 Å². The highest BCUT2D eigenvalue weighted by Crippen LogP contribution is 2.39. The molecule has 3 rings (SSSR count). The van der Waals surface area contributed by atoms with Crippen molar-refractivity contribution in [1.82, 2.24) is 10.2 Å². The fourth-order valence-electron chi connectivity index (χ4n) is 3.04. The molecule has 0 radical (unpaired) electrons. The minimum atomic E-state index is -0.567. The van der Waals surface area contributed by atoms with Crippen LogP contribution in [0.5, 0.6) is 0 Å². The zero-order valence-corrected chi connectivity index (χ0v) is 11.8. The first-order valence-electron chi connectivity index (χ1n) is 7.11. The van der Waals surface area contributed by atoms with Gasteiger partial charge < -0.3 is 14.5 Å². The van der Waals surface area contributed by atoms with Crippen LogP contribution in [0.3, 0.4) is 0 Å². The summed E-state index contributed by atoms with van der Waals surface area (Å²) in [5.41, 5.74) is -0.385. The van der Waals surface area contributed by atoms with Crippen molar-refractivity contribution in [3.05, 3.63) is 40.0 Å². The Balaban J connectivity index is 1.90. The number of nitrogens with one attached hydrogen (secondary N) is 1. The Kier molecular flexibility index (Phi) is 4.05. The van der Waals surface area contributed by atoms with Crippen molar-refractivity contribution < 1.29 is 14.1 Å². The van der Waals surface area contributed by atoms with Crippen LogP contribution < -0.4 is 5.32 Å². The SMILES string of the molecule is O=[N+]([O-])/C(=C\c1ccco1)C1(CN2CCNC2)CCOC1. The first-order valence-corrected chi connectivity index (χ1v) is 7.11. The third kappa shape index (κ3) is 2.99. The molecule has 7 heteroatoms. The Hall–Kier alpha value is -1.70. The molecule has 1 unspecified atom stereocenters. The lowest BCUT2D eigenvalue weighted by atomic mass is 9.82. The molecule has 21 heavy (non-hydrogen) atoms. The van der Waals surface area contributed by atoms with Gasteiger partial charge in [0.25, 0.3) is 5.70 Å². The maximum Gasteiger partial charge on any atom is 0.259 e. The third-order valence-corrected chi connectivity index (χ3v) is 4.13. The van der Waals surface area contributed by atoms with Gasteiger partial charge in [0.15, 0.2) is 0 Å². The van der Waals surface area contributed by atoms with Crippen LogP contribution in [0.1, 0.15) is 12.2 Å². The summed E-state index contributed by atoms with van der Waals surface area (Å²) in [7, 11) is 0. The molecule has 2 aliphatic rings. The summed E-state index contributed by atoms with van der Waals surface area (Å²) in [6, 6.07) is 3.45. The lowest BCUT2D eigenvalue weighted by molar-refractivity contribution is -0.439. The van der Waals surface area contributed by atoms with E-state index in [1.54, 1.807) is 12.1 Å². The van der Waals surface area contributed by atoms with E-state index >= 15 is 0 Å². The van der Waals surface area contributed by atoms with Crippen LogP contribution in [0.2, 0.25) is 0 Å². The Morgan fingerprint density at radius 2 is 2.52 bits per heavy atom. The highest BCUT2D eigenvalue weighted by molar-refractivity contribution is 5.47. The summed E-state index contributed by atoms with van der Waals surface area (Å²) >= 11 is 0. The van der Waals surface area contributed by atoms with Gasteiger partial charge in [-0.25, -0.2) is 0 Å². The van der Waals surface area contributed by atoms with Crippen molar-refractivity contribution in [2.45, 2.75) is 6.42 Å². The van der Waals surface area contributed by atoms with Crippen LogP contribution in [-0.2, 0) is 4.74 Å². The van der Waals surface area contributed by atoms with E-state index < -0.39 is 5.41 Å². The Labute approximate surface area is 122 Å². The van der Waals surface area contributed by atoms with Gasteiger partial charge >= 0.3 is 0 Å². The van der Waals surface area contributed by atoms with Crippen molar-refractivity contribution in [2.24, 2.45) is 5.41 Å². The van der Waals surface area contributed by atoms with Crippen LogP contribution in [0.4, 0.5) is 0 Å². The number of furan rings is 1. The molecule has 2 aliphatic heterocycles. The molecule has 1 aromatic heterocycles. The minimum absolute atomic E-state index is 0.182. The fourth-order valence-corrected chi connectivity index (χ4v) is 3.04. The van der Waals surface area contributed by atoms with E-state index in [9.17, 15) is 10.1 Å². The van der Waals surface area contributed by atoms with E-state index in [0.29, 0.717) is 31.9 Å². The van der Waals surface area contributed by atoms with E-state index in [1.165, 1.54) is 12.3 Å². The maximum absolute atomic E-state index is 11.6. The average molecular weight is 293 g/mol. The molecule has 1 N–H and O–H groups in total. The van der Waals surface area contributed by atoms with Gasteiger partial charge in [0.2, 0.25) is 0 Å². The van der Waals surface area contributed by atoms with E-state index in [1.807, 2.05) is 0 Å². The fraction of sp³-hybridized carbons (Fsp3) is 0.571. The van der Waals surface area contributed by atoms with E-state index in [-0.39, 0.29) is 10.6 Å². The molecule has 7 nitrogen and oxygen atoms in total. The third-order valence-electron chi connectivity index (χ3n) is 4.13. The lowest BCUT2D eigenvalue weighted by Gasteiger charge is -2.29. The first kappa shape index (κ1) is 14.2. The molecular weight excluding hydrogens is 274 g/mol. The molecule has 0 saturated carbocycles. The van der Waals surface area contributed by atoms with Gasteiger partial charge in [-0.3, -0.25) is 15.0 Å². The smallest absolute Gasteiger partial charge is 0.259 e. The second-order valence-corrected chi connectivity index (χ2v) is 5.60. The number of nitro groups is 1. The van der Waals surface area contributed by atoms with Gasteiger partial charge in [-0.2, -0.15) is 0 Å². The molecule has 1 aromatic rings. The van der Waals surface area contributed by atoms with E-state index in [4.69, 9.17) is 9.15 Å². The second-order valence-electron chi connectivity index (χ2n) is 5.60. The highest BCUT2D eigenvalue weighted by atomic mass is 16.6. The molecule has 2 fully saturated rings. The Bertz CT molecular complexity index is 514. The van der Waals surface area contributed by atoms with Crippen molar-refractivity contribution in [2.75, 3.05) is 39.5 Å². The number of hydrogen-bond acceptors (Lipinski definition) is 6. The molecule has 0 aromatic carbocycles. The number of rotatable bonds is 5. The predicted octanol–water partition coefficient (Wildman–Crippen LogP) is 1.17. The molecule has 2 saturated heterocycles. The van der Waals surface area contributed by atoms with Gasteiger partial charge in [0.05, 0.1) is 29.3 Å². The zero-order valence-electron chi connectivity index (χ0n) is 11.8. The van der Waals surface area contributed by atoms with Gasteiger partial charge in [-0.1, -0.05) is 0 Å². The molecule has 0 spiro atoms. The van der Waals surface area contributed by atoms with Gasteiger partial charge in [0.1, 0.15) is 5.76 Å². The first-order chi connectivity index (χ1) is 10.2. The summed E-state index contributed by atoms with van der Waals surface area (Å²) in [5, 5.41) is 14.9. The van der Waals surface area contributed by atoms with Gasteiger partial charge in [-0.05, 0) is 18.6 Å². The van der Waals surface area contributed by atoms with Crippen molar-refractivity contribution in [1.29, 1.82) is 0 Å². The Morgan fingerprint density at radius 1 is 1.62 bits per heavy atom. The summed E-state index contributed by atoms with van der Waals surface area (Å²) < 4.78 is 10.7. The predicted molar refractivity (Wildman–Crippen MR) is 76.0 cm³/mol. The van der Waals surface area contributed by atoms with E-state index in [0.717, 1.165) is 19.8 Å². The lowest BCUT2D eigenvalue weighted by Crippen LogP contribution is -2.41. The molecule has 0 bridgehead atoms. The molecule has 0 amide bonds. The quantitative estimate of drug-likeness (QED) is 0.648. The average Bonchev–Trinajstić information content (AvgIpc) is 3.19. The standard InChI is InChI=1S/C14H19N3O4/c18-17(19)13(8-12-2-1-6-21-12)14(3-7-20-10-14)9-16-5-4-15-11-16/h1-2,6,8,15H,3-5,7,9-11H2/b13-8-. The van der Waals surface area contributed by atoms with Crippen LogP contribution in [0.25, 0.3) is 6.08 Å². The van der Waals surface area contributed by atoms with Crippen LogP contribution in [0.15, 0.2) is 28.5 Å². The van der Waals surface area contributed by atoms with Crippen LogP contribution >= 0.6 is 0 Å². The summed E-state index contributed by atoms with van der Waals surface area (Å²) in [6.45, 7) is 4.18. The normalized spacial score (nSPS) is 27.3. The number of ether oxygens (including phenoxy) is 1. The number of hydrogen-bond donors (Lipinski definition) is 1. The highest BCUT2D eigenvalue weighted by Gasteiger charge is 2.47. The largest absolute Gasteiger partial charge is 0.465 e. The molecule has 114 valence electrons. The second kappa shape index (κ2) is 5.97. The summed E-state index contributed by atoms with van der Waals surface area (Å²) in [6.07, 6.45) is 3.72. The van der Waals surface area contributed by atoms with Crippen molar-refractivity contribution in [3.63, 3.8) is 0 Å². The maximum atomic E-state index is 11.6. The van der Waals surface area contributed by atoms with Gasteiger partial charge in [0, 0.05) is 32.9 Å². The minimum Gasteiger partial charge on any atom is -0.465 e. The van der Waals surface area contributed by atoms with E-state index in [2.05, 4.69) is 10.2 Å². The zero-order chi connectivity index (χ0) is 14.7.